The quantitative estimate of drug-likeness (QED) is 0.0290. The highest BCUT2D eigenvalue weighted by Gasteiger charge is 2.41. The van der Waals surface area contributed by atoms with Gasteiger partial charge in [-0.25, -0.2) is 4.79 Å². The van der Waals surface area contributed by atoms with Crippen LogP contribution in [0.2, 0.25) is 0 Å². The van der Waals surface area contributed by atoms with Crippen molar-refractivity contribution in [2.24, 2.45) is 29.4 Å². The lowest BCUT2D eigenvalue weighted by molar-refractivity contribution is -0.157. The number of nitrogens with zero attached hydrogens (tertiary/aromatic N) is 1. The fourth-order valence-corrected chi connectivity index (χ4v) is 9.39. The molecule has 16 N–H and O–H groups in total. The normalized spacial score (nSPS) is 20.8. The molecule has 0 aliphatic carbocycles. The average molecular weight is 1290 g/mol. The summed E-state index contributed by atoms with van der Waals surface area (Å²) in [5, 5.41) is 52.0. The van der Waals surface area contributed by atoms with Crippen molar-refractivity contribution in [1.82, 2.24) is 68.7 Å². The molecule has 1 aliphatic heterocycles. The van der Waals surface area contributed by atoms with E-state index >= 15 is 0 Å². The van der Waals surface area contributed by atoms with Crippen LogP contribution < -0.4 is 69.5 Å². The number of hydrogen-bond donors (Lipinski definition) is 15. The van der Waals surface area contributed by atoms with Crippen LogP contribution in [-0.4, -0.2) is 212 Å². The van der Waals surface area contributed by atoms with E-state index in [0.717, 1.165) is 5.56 Å². The highest BCUT2D eigenvalue weighted by molar-refractivity contribution is 6.00. The highest BCUT2D eigenvalue weighted by atomic mass is 16.5. The minimum atomic E-state index is -1.84. The third-order valence-corrected chi connectivity index (χ3v) is 16.3. The van der Waals surface area contributed by atoms with Gasteiger partial charge >= 0.3 is 5.97 Å². The van der Waals surface area contributed by atoms with Gasteiger partial charge in [-0.2, -0.15) is 0 Å². The van der Waals surface area contributed by atoms with Gasteiger partial charge in [-0.1, -0.05) is 111 Å². The summed E-state index contributed by atoms with van der Waals surface area (Å²) in [6, 6.07) is -6.68. The van der Waals surface area contributed by atoms with Crippen LogP contribution in [0.5, 0.6) is 0 Å². The topological polar surface area (TPSA) is 445 Å². The summed E-state index contributed by atoms with van der Waals surface area (Å²) in [6.45, 7) is 14.9. The maximum atomic E-state index is 14.4. The van der Waals surface area contributed by atoms with Crippen LogP contribution in [0.3, 0.4) is 0 Å². The second kappa shape index (κ2) is 40.1. The molecule has 1 aromatic carbocycles. The number of aliphatic hydroxyl groups excluding tert-OH is 2. The van der Waals surface area contributed by atoms with E-state index in [9.17, 15) is 72.5 Å². The maximum absolute atomic E-state index is 14.4. The number of hydrogen-bond acceptors (Lipinski definition) is 18. The number of nitrogens with two attached hydrogens (primary N) is 1. The van der Waals surface area contributed by atoms with Crippen LogP contribution in [0, 0.1) is 23.7 Å². The first kappa shape index (κ1) is 79.3. The average Bonchev–Trinajstić information content (AvgIpc) is 2.97. The van der Waals surface area contributed by atoms with Crippen LogP contribution >= 0.6 is 0 Å². The van der Waals surface area contributed by atoms with Gasteiger partial charge in [0.15, 0.2) is 0 Å². The monoisotopic (exact) mass is 1290 g/mol. The number of primary amides is 1. The van der Waals surface area contributed by atoms with Crippen molar-refractivity contribution in [3.8, 4) is 0 Å². The lowest BCUT2D eigenvalue weighted by Crippen LogP contribution is -2.63. The van der Waals surface area contributed by atoms with Crippen molar-refractivity contribution in [3.63, 3.8) is 0 Å². The van der Waals surface area contributed by atoms with Gasteiger partial charge in [0.2, 0.25) is 70.9 Å². The van der Waals surface area contributed by atoms with Gasteiger partial charge in [0.1, 0.15) is 66.5 Å². The van der Waals surface area contributed by atoms with Gasteiger partial charge < -0.3 is 89.4 Å². The number of nitrogens with one attached hydrogen (secondary N) is 12. The number of rotatable bonds is 36. The molecule has 1 saturated heterocycles. The van der Waals surface area contributed by atoms with Gasteiger partial charge in [-0.3, -0.25) is 57.5 Å². The predicted octanol–water partition coefficient (Wildman–Crippen LogP) is -3.48. The Kier molecular flexibility index (Phi) is 34.9. The van der Waals surface area contributed by atoms with Crippen molar-refractivity contribution in [3.05, 3.63) is 35.9 Å². The Hall–Kier alpha value is -7.83. The summed E-state index contributed by atoms with van der Waals surface area (Å²) in [5.74, 6) is -13.9. The van der Waals surface area contributed by atoms with Gasteiger partial charge in [0.05, 0.1) is 19.3 Å². The number of esters is 1. The molecule has 0 saturated carbocycles. The molecule has 2 rings (SSSR count). The zero-order valence-electron chi connectivity index (χ0n) is 55.0. The molecule has 1 fully saturated rings. The molecule has 512 valence electrons. The first-order valence-electron chi connectivity index (χ1n) is 31.3. The van der Waals surface area contributed by atoms with E-state index in [0.29, 0.717) is 32.4 Å². The summed E-state index contributed by atoms with van der Waals surface area (Å²) in [4.78, 5) is 180. The maximum Gasteiger partial charge on any atom is 0.329 e. The van der Waals surface area contributed by atoms with Crippen LogP contribution in [0.15, 0.2) is 30.3 Å². The van der Waals surface area contributed by atoms with E-state index in [1.165, 1.54) is 13.8 Å². The van der Waals surface area contributed by atoms with Gasteiger partial charge in [0.25, 0.3) is 0 Å². The number of amides is 12. The van der Waals surface area contributed by atoms with Crippen molar-refractivity contribution in [1.29, 1.82) is 0 Å². The number of cyclic esters (lactones) is 1. The first-order chi connectivity index (χ1) is 42.9. The van der Waals surface area contributed by atoms with Gasteiger partial charge in [-0.15, -0.1) is 0 Å². The molecule has 30 heteroatoms. The van der Waals surface area contributed by atoms with E-state index in [-0.39, 0.29) is 25.7 Å². The molecule has 0 aromatic heterocycles. The van der Waals surface area contributed by atoms with Gasteiger partial charge in [-0.05, 0) is 83.5 Å². The molecule has 16 atom stereocenters. The molecule has 0 radical (unpaired) electrons. The summed E-state index contributed by atoms with van der Waals surface area (Å²) < 4.78 is 5.72. The molecule has 0 unspecified atom stereocenters. The van der Waals surface area contributed by atoms with E-state index in [2.05, 4.69) is 63.8 Å². The summed E-state index contributed by atoms with van der Waals surface area (Å²) in [5.41, 5.74) is 6.31. The van der Waals surface area contributed by atoms with Crippen LogP contribution in [0.1, 0.15) is 126 Å². The third-order valence-electron chi connectivity index (χ3n) is 16.3. The molecular weight excluding hydrogens is 1180 g/mol. The lowest BCUT2D eigenvalue weighted by Gasteiger charge is -2.31. The zero-order chi connectivity index (χ0) is 68.8. The number of ether oxygens (including phenoxy) is 1. The van der Waals surface area contributed by atoms with Crippen molar-refractivity contribution >= 4 is 76.9 Å². The third kappa shape index (κ3) is 26.1. The number of carbonyl (C=O) groups is 13. The van der Waals surface area contributed by atoms with Gasteiger partial charge in [0, 0.05) is 25.9 Å². The van der Waals surface area contributed by atoms with Crippen LogP contribution in [-0.2, 0) is 73.5 Å². The number of aliphatic hydroxyl groups is 2. The second-order valence-corrected chi connectivity index (χ2v) is 23.7. The fraction of sp³-hybridized carbons (Fsp3) is 0.689. The highest BCUT2D eigenvalue weighted by Crippen LogP contribution is 2.17. The summed E-state index contributed by atoms with van der Waals surface area (Å²) in [6.07, 6.45) is -1.21. The SMILES string of the molecule is CC[C@H](C)[C@H](NC(=O)[C@@H](Cc1ccccc1)NC)C(=O)N[C@@H](CO)C(=O)N[C@H](CCC(N)=O)C(=O)N[C@@H](C(=O)N[C@H](C(=O)N[C@@H](CO)C(=O)N[C@H]1C(=O)N[C@@H](C)C(=O)N[C@@H](CCC(=O)NCCN(C)C)C(=O)N[C@@H]([C@@H](C)CC)C(=O)O[C@H]1C)[C@@H](C)CC)[C@@H](C)CC. The number of carbonyl (C=O) groups excluding carboxylic acids is 13. The van der Waals surface area contributed by atoms with Crippen LogP contribution in [0.25, 0.3) is 0 Å². The van der Waals surface area contributed by atoms with Crippen molar-refractivity contribution in [2.75, 3.05) is 47.4 Å². The Morgan fingerprint density at radius 3 is 1.57 bits per heavy atom. The largest absolute Gasteiger partial charge is 0.458 e. The van der Waals surface area contributed by atoms with Crippen molar-refractivity contribution in [2.45, 2.75) is 200 Å². The Labute approximate surface area is 533 Å². The zero-order valence-corrected chi connectivity index (χ0v) is 55.0. The second-order valence-electron chi connectivity index (χ2n) is 23.7. The molecule has 1 heterocycles. The minimum absolute atomic E-state index is 0.187. The van der Waals surface area contributed by atoms with Crippen molar-refractivity contribution < 1.29 is 77.3 Å². The fourth-order valence-electron chi connectivity index (χ4n) is 9.39. The Bertz CT molecular complexity index is 2620. The van der Waals surface area contributed by atoms with Crippen LogP contribution in [0.4, 0.5) is 0 Å². The molecular formula is C61H102N14O16. The Morgan fingerprint density at radius 2 is 1.09 bits per heavy atom. The van der Waals surface area contributed by atoms with E-state index in [1.54, 1.807) is 62.4 Å². The van der Waals surface area contributed by atoms with E-state index in [4.69, 9.17) is 10.5 Å². The molecule has 30 nitrogen and oxygen atoms in total. The molecule has 0 bridgehead atoms. The predicted molar refractivity (Wildman–Crippen MR) is 335 cm³/mol. The summed E-state index contributed by atoms with van der Waals surface area (Å²) in [7, 11) is 5.24. The Balaban J connectivity index is 2.40. The number of likely N-dealkylation sites (N-methyl/N-ethyl adjacent to an activating group) is 2. The molecule has 1 aromatic rings. The Morgan fingerprint density at radius 1 is 0.604 bits per heavy atom. The molecule has 12 amide bonds. The first-order valence-corrected chi connectivity index (χ1v) is 31.3. The van der Waals surface area contributed by atoms with E-state index < -0.39 is 199 Å². The smallest absolute Gasteiger partial charge is 0.329 e. The standard InChI is InChI=1S/C61H102N14O16/c1-14-32(5)46(71-54(83)41(63-11)29-38-21-19-18-20-22-38)57(86)68-42(30-76)55(84)67-39(23-25-44(62)78)52(81)70-48(34(7)16-3)59(88)72-47(33(6)15-2)58(87)69-43(31-77)56(85)74-50-37(10)91-61(90)49(35(8)17-4)73-53(82)40(66-51(80)36(9)65-60(50)89)24-26-45(79)64-27-28-75(12)13/h18-22,32-37,39-43,46-50,63,76-77H,14-17,23-31H2,1-13H3,(H2,62,78)(H,64,79)(H,65,89)(H,66,80)(H,67,84)(H,68,86)(H,69,87)(H,70,81)(H,71,83)(H,72,88)(H,73,82)(H,74,85)/t32-,33-,34-,35-,36-,37-,39+,40-,41+,42-,43-,46-,47-,48+,49-,50+/m0/s1. The molecule has 0 spiro atoms. The number of benzene rings is 1. The van der Waals surface area contributed by atoms with E-state index in [1.807, 2.05) is 49.3 Å². The summed E-state index contributed by atoms with van der Waals surface area (Å²) >= 11 is 0. The lowest BCUT2D eigenvalue weighted by atomic mass is 9.94. The minimum Gasteiger partial charge on any atom is -0.458 e. The molecule has 1 aliphatic rings. The molecule has 91 heavy (non-hydrogen) atoms.